The lowest BCUT2D eigenvalue weighted by atomic mass is 10.4. The molecule has 1 heterocycles. The zero-order valence-electron chi connectivity index (χ0n) is 6.13. The molecule has 10 heavy (non-hydrogen) atoms. The van der Waals surface area contributed by atoms with Crippen LogP contribution < -0.4 is 5.32 Å². The molecule has 0 unspecified atom stereocenters. The fraction of sp³-hybridized carbons (Fsp3) is 0.833. The molecule has 0 aliphatic carbocycles. The maximum absolute atomic E-state index is 8.46. The van der Waals surface area contributed by atoms with E-state index in [2.05, 4.69) is 17.8 Å². The third-order valence-electron chi connectivity index (χ3n) is 1.78. The Kier molecular flexibility index (Phi) is 2.55. The Morgan fingerprint density at radius 1 is 1.50 bits per heavy atom. The minimum absolute atomic E-state index is 0.837. The van der Waals surface area contributed by atoms with Crippen molar-refractivity contribution in [3.8, 4) is 5.40 Å². The number of thiocyanates is 1. The van der Waals surface area contributed by atoms with Crippen molar-refractivity contribution in [2.75, 3.05) is 33.2 Å². The van der Waals surface area contributed by atoms with Gasteiger partial charge in [-0.1, -0.05) is 0 Å². The van der Waals surface area contributed by atoms with Gasteiger partial charge in [-0.05, 0) is 0 Å². The molecule has 1 saturated heterocycles. The van der Waals surface area contributed by atoms with Crippen molar-refractivity contribution >= 4 is 11.9 Å². The van der Waals surface area contributed by atoms with Crippen molar-refractivity contribution < 1.29 is 3.89 Å². The van der Waals surface area contributed by atoms with Crippen LogP contribution in [0, 0.1) is 10.7 Å². The van der Waals surface area contributed by atoms with E-state index in [0.717, 1.165) is 30.1 Å². The highest BCUT2D eigenvalue weighted by Gasteiger charge is 2.25. The van der Waals surface area contributed by atoms with E-state index in [1.54, 1.807) is 0 Å². The van der Waals surface area contributed by atoms with Gasteiger partial charge < -0.3 is 5.32 Å². The molecule has 0 aromatic carbocycles. The van der Waals surface area contributed by atoms with Gasteiger partial charge in [0, 0.05) is 13.1 Å². The van der Waals surface area contributed by atoms with Crippen LogP contribution in [0.3, 0.4) is 0 Å². The molecule has 0 atom stereocenters. The predicted octanol–water partition coefficient (Wildman–Crippen LogP) is 0.165. The van der Waals surface area contributed by atoms with Crippen LogP contribution >= 0.6 is 11.9 Å². The van der Waals surface area contributed by atoms with Crippen LogP contribution in [0.4, 0.5) is 0 Å². The van der Waals surface area contributed by atoms with Crippen LogP contribution in [0.1, 0.15) is 0 Å². The van der Waals surface area contributed by atoms with Crippen LogP contribution in [-0.2, 0) is 0 Å². The van der Waals surface area contributed by atoms with E-state index in [0.29, 0.717) is 0 Å². The van der Waals surface area contributed by atoms with Crippen LogP contribution in [0.25, 0.3) is 0 Å². The maximum atomic E-state index is 8.46. The van der Waals surface area contributed by atoms with Gasteiger partial charge in [-0.2, -0.15) is 5.26 Å². The van der Waals surface area contributed by atoms with Crippen LogP contribution in [-0.4, -0.2) is 37.1 Å². The minimum atomic E-state index is 0.837. The Bertz CT molecular complexity index is 146. The molecule has 0 amide bonds. The first kappa shape index (κ1) is 7.86. The molecule has 1 aliphatic heterocycles. The van der Waals surface area contributed by atoms with Crippen molar-refractivity contribution in [3.05, 3.63) is 0 Å². The van der Waals surface area contributed by atoms with Crippen molar-refractivity contribution in [1.29, 1.82) is 5.26 Å². The zero-order chi connectivity index (χ0) is 7.45. The summed E-state index contributed by atoms with van der Waals surface area (Å²) in [7, 11) is 2.11. The lowest BCUT2D eigenvalue weighted by Crippen LogP contribution is -2.51. The van der Waals surface area contributed by atoms with Gasteiger partial charge in [-0.3, -0.25) is 0 Å². The van der Waals surface area contributed by atoms with Crippen molar-refractivity contribution in [2.45, 2.75) is 0 Å². The summed E-state index contributed by atoms with van der Waals surface area (Å²) in [5.74, 6) is 0. The molecule has 1 rings (SSSR count). The van der Waals surface area contributed by atoms with Crippen molar-refractivity contribution in [1.82, 2.24) is 5.32 Å². The summed E-state index contributed by atoms with van der Waals surface area (Å²) < 4.78 is 0.837. The Labute approximate surface area is 65.7 Å². The van der Waals surface area contributed by atoms with E-state index >= 15 is 0 Å². The van der Waals surface area contributed by atoms with Gasteiger partial charge >= 0.3 is 0 Å². The highest BCUT2D eigenvalue weighted by atomic mass is 32.2. The molecule has 1 N–H and O–H groups in total. The van der Waals surface area contributed by atoms with E-state index in [4.69, 9.17) is 5.26 Å². The molecule has 1 fully saturated rings. The fourth-order valence-electron chi connectivity index (χ4n) is 1.06. The first-order valence-corrected chi connectivity index (χ1v) is 4.17. The van der Waals surface area contributed by atoms with E-state index in [9.17, 15) is 0 Å². The van der Waals surface area contributed by atoms with Crippen molar-refractivity contribution in [3.63, 3.8) is 0 Å². The molecule has 0 bridgehead atoms. The number of nitrogens with one attached hydrogen (secondary N) is 1. The average Bonchev–Trinajstić information content (AvgIpc) is 1.89. The molecule has 56 valence electrons. The molecule has 0 aromatic rings. The lowest BCUT2D eigenvalue weighted by molar-refractivity contribution is -0.775. The van der Waals surface area contributed by atoms with Gasteiger partial charge in [0.15, 0.2) is 17.3 Å². The number of hydrogen-bond donors (Lipinski definition) is 1. The van der Waals surface area contributed by atoms with E-state index < -0.39 is 0 Å². The highest BCUT2D eigenvalue weighted by Crippen LogP contribution is 2.18. The van der Waals surface area contributed by atoms with E-state index in [-0.39, 0.29) is 0 Å². The second-order valence-electron chi connectivity index (χ2n) is 2.68. The van der Waals surface area contributed by atoms with Gasteiger partial charge in [0.05, 0.1) is 7.05 Å². The Morgan fingerprint density at radius 3 is 2.60 bits per heavy atom. The summed E-state index contributed by atoms with van der Waals surface area (Å²) in [6.07, 6.45) is 0. The molecular weight excluding hydrogens is 146 g/mol. The number of nitriles is 1. The van der Waals surface area contributed by atoms with Crippen LogP contribution in [0.15, 0.2) is 0 Å². The molecule has 0 spiro atoms. The van der Waals surface area contributed by atoms with Crippen molar-refractivity contribution in [2.24, 2.45) is 0 Å². The van der Waals surface area contributed by atoms with Crippen LogP contribution in [0.5, 0.6) is 0 Å². The number of rotatable bonds is 1. The number of piperazine rings is 1. The van der Waals surface area contributed by atoms with E-state index in [1.165, 1.54) is 11.9 Å². The smallest absolute Gasteiger partial charge is 0.196 e. The van der Waals surface area contributed by atoms with Gasteiger partial charge in [-0.15, -0.1) is 0 Å². The summed E-state index contributed by atoms with van der Waals surface area (Å²) in [6, 6.07) is 0. The number of likely N-dealkylation sites (N-methyl/N-ethyl adjacent to an activating group) is 1. The van der Waals surface area contributed by atoms with Gasteiger partial charge in [-0.25, -0.2) is 3.89 Å². The first-order valence-electron chi connectivity index (χ1n) is 3.40. The van der Waals surface area contributed by atoms with E-state index in [1.807, 2.05) is 0 Å². The Morgan fingerprint density at radius 2 is 2.10 bits per heavy atom. The van der Waals surface area contributed by atoms with Gasteiger partial charge in [0.1, 0.15) is 13.1 Å². The largest absolute Gasteiger partial charge is 0.306 e. The normalized spacial score (nSPS) is 23.6. The third-order valence-corrected chi connectivity index (χ3v) is 2.67. The first-order chi connectivity index (χ1) is 4.77. The summed E-state index contributed by atoms with van der Waals surface area (Å²) in [4.78, 5) is 0. The minimum Gasteiger partial charge on any atom is -0.306 e. The fourth-order valence-corrected chi connectivity index (χ4v) is 1.62. The molecule has 0 aromatic heterocycles. The SMILES string of the molecule is C[N+]1(SC#N)CCNCC1. The Balaban J connectivity index is 2.42. The monoisotopic (exact) mass is 158 g/mol. The second kappa shape index (κ2) is 3.24. The van der Waals surface area contributed by atoms with Gasteiger partial charge in [0.2, 0.25) is 0 Å². The maximum Gasteiger partial charge on any atom is 0.196 e. The number of quaternary nitrogens is 1. The molecule has 0 radical (unpaired) electrons. The Hall–Kier alpha value is -0.240. The number of hydrogen-bond acceptors (Lipinski definition) is 3. The van der Waals surface area contributed by atoms with Crippen LogP contribution in [0.2, 0.25) is 0 Å². The predicted molar refractivity (Wildman–Crippen MR) is 42.0 cm³/mol. The summed E-state index contributed by atoms with van der Waals surface area (Å²) in [6.45, 7) is 4.17. The molecule has 0 saturated carbocycles. The summed E-state index contributed by atoms with van der Waals surface area (Å²) in [5.41, 5.74) is 0. The van der Waals surface area contributed by atoms with Gasteiger partial charge in [0.25, 0.3) is 0 Å². The summed E-state index contributed by atoms with van der Waals surface area (Å²) >= 11 is 1.36. The quantitative estimate of drug-likeness (QED) is 0.335. The topological polar surface area (TPSA) is 35.8 Å². The highest BCUT2D eigenvalue weighted by molar-refractivity contribution is 7.98. The third kappa shape index (κ3) is 1.87. The number of nitrogens with zero attached hydrogens (tertiary/aromatic N) is 2. The molecular formula is C6H12N3S+. The average molecular weight is 158 g/mol. The molecule has 3 nitrogen and oxygen atoms in total. The molecule has 1 aliphatic rings. The second-order valence-corrected chi connectivity index (χ2v) is 3.92. The standard InChI is InChI=1S/C6H12N3S/c1-9(10-6-7)4-2-8-3-5-9/h8H,2-5H2,1H3/q+1. The zero-order valence-corrected chi connectivity index (χ0v) is 6.95. The summed E-state index contributed by atoms with van der Waals surface area (Å²) in [5, 5.41) is 13.9. The lowest BCUT2D eigenvalue weighted by Gasteiger charge is -2.32. The molecule has 4 heteroatoms.